The van der Waals surface area contributed by atoms with Crippen LogP contribution in [-0.2, 0) is 4.79 Å². The fraction of sp³-hybridized carbons (Fsp3) is 0.500. The van der Waals surface area contributed by atoms with E-state index in [-0.39, 0.29) is 18.2 Å². The number of nitrogens with two attached hydrogens (primary N) is 1. The molecule has 1 rings (SSSR count). The summed E-state index contributed by atoms with van der Waals surface area (Å²) in [4.78, 5) is 26.1. The highest BCUT2D eigenvalue weighted by atomic mass is 16.4. The Labute approximate surface area is 91.2 Å². The Morgan fingerprint density at radius 1 is 1.62 bits per heavy atom. The van der Waals surface area contributed by atoms with E-state index < -0.39 is 17.4 Å². The molecule has 0 aliphatic carbocycles. The molecule has 1 heterocycles. The zero-order valence-electron chi connectivity index (χ0n) is 8.94. The van der Waals surface area contributed by atoms with E-state index in [1.165, 1.54) is 6.92 Å². The highest BCUT2D eigenvalue weighted by Crippen LogP contribution is 2.10. The Morgan fingerprint density at radius 2 is 2.25 bits per heavy atom. The van der Waals surface area contributed by atoms with Crippen LogP contribution >= 0.6 is 0 Å². The zero-order chi connectivity index (χ0) is 12.3. The Kier molecular flexibility index (Phi) is 3.11. The lowest BCUT2D eigenvalue weighted by atomic mass is 9.99. The number of aromatic amines is 1. The van der Waals surface area contributed by atoms with Gasteiger partial charge in [-0.25, -0.2) is 4.79 Å². The lowest BCUT2D eigenvalue weighted by Gasteiger charge is -2.23. The fourth-order valence-electron chi connectivity index (χ4n) is 0.979. The molecule has 16 heavy (non-hydrogen) atoms. The topological polar surface area (TPSA) is 134 Å². The van der Waals surface area contributed by atoms with Crippen LogP contribution in [0.1, 0.15) is 30.9 Å². The first-order valence-corrected chi connectivity index (χ1v) is 4.63. The van der Waals surface area contributed by atoms with Gasteiger partial charge in [0.15, 0.2) is 0 Å². The number of nitrogens with one attached hydrogen (secondary N) is 2. The molecular formula is C8H13N5O3. The molecule has 0 spiro atoms. The van der Waals surface area contributed by atoms with Crippen molar-refractivity contribution < 1.29 is 14.7 Å². The fourth-order valence-corrected chi connectivity index (χ4v) is 0.979. The van der Waals surface area contributed by atoms with Gasteiger partial charge in [-0.15, -0.1) is 5.10 Å². The second-order valence-corrected chi connectivity index (χ2v) is 3.49. The third-order valence-corrected chi connectivity index (χ3v) is 2.29. The second kappa shape index (κ2) is 4.17. The Hall–Kier alpha value is -2.12. The third-order valence-electron chi connectivity index (χ3n) is 2.29. The van der Waals surface area contributed by atoms with Crippen LogP contribution in [0.15, 0.2) is 0 Å². The summed E-state index contributed by atoms with van der Waals surface area (Å²) in [7, 11) is 0. The van der Waals surface area contributed by atoms with Gasteiger partial charge in [0.2, 0.25) is 11.8 Å². The number of carboxylic acid groups (broad SMARTS) is 1. The number of carbonyl (C=O) groups is 2. The summed E-state index contributed by atoms with van der Waals surface area (Å²) in [6.07, 6.45) is 0.248. The van der Waals surface area contributed by atoms with Gasteiger partial charge < -0.3 is 16.2 Å². The molecule has 5 N–H and O–H groups in total. The van der Waals surface area contributed by atoms with Crippen LogP contribution in [0.4, 0.5) is 5.95 Å². The molecule has 88 valence electrons. The van der Waals surface area contributed by atoms with E-state index in [0.29, 0.717) is 0 Å². The Morgan fingerprint density at radius 3 is 2.62 bits per heavy atom. The van der Waals surface area contributed by atoms with Gasteiger partial charge in [0.05, 0.1) is 0 Å². The van der Waals surface area contributed by atoms with E-state index in [9.17, 15) is 9.59 Å². The third kappa shape index (κ3) is 2.27. The van der Waals surface area contributed by atoms with Gasteiger partial charge in [-0.3, -0.25) is 9.89 Å². The first-order chi connectivity index (χ1) is 7.39. The Balaban J connectivity index is 2.81. The van der Waals surface area contributed by atoms with Crippen molar-refractivity contribution >= 4 is 17.8 Å². The lowest BCUT2D eigenvalue weighted by Crippen LogP contribution is -2.51. The second-order valence-electron chi connectivity index (χ2n) is 3.49. The summed E-state index contributed by atoms with van der Waals surface area (Å²) in [5, 5.41) is 17.1. The molecule has 1 amide bonds. The number of carbonyl (C=O) groups excluding carboxylic acids is 1. The molecular weight excluding hydrogens is 214 g/mol. The average molecular weight is 227 g/mol. The molecule has 1 unspecified atom stereocenters. The monoisotopic (exact) mass is 227 g/mol. The minimum Gasteiger partial charge on any atom is -0.480 e. The quantitative estimate of drug-likeness (QED) is 0.541. The molecule has 8 heteroatoms. The van der Waals surface area contributed by atoms with Crippen molar-refractivity contribution in [3.8, 4) is 0 Å². The number of carboxylic acids is 1. The molecule has 0 fully saturated rings. The van der Waals surface area contributed by atoms with Crippen molar-refractivity contribution in [3.63, 3.8) is 0 Å². The van der Waals surface area contributed by atoms with Crippen LogP contribution in [0.25, 0.3) is 0 Å². The number of aliphatic carboxylic acids is 1. The van der Waals surface area contributed by atoms with E-state index in [1.807, 2.05) is 0 Å². The highest BCUT2D eigenvalue weighted by molar-refractivity contribution is 5.95. The van der Waals surface area contributed by atoms with Crippen LogP contribution in [0, 0.1) is 0 Å². The van der Waals surface area contributed by atoms with Crippen LogP contribution in [0.3, 0.4) is 0 Å². The van der Waals surface area contributed by atoms with Gasteiger partial charge in [0.1, 0.15) is 5.54 Å². The normalized spacial score (nSPS) is 14.1. The summed E-state index contributed by atoms with van der Waals surface area (Å²) in [6, 6.07) is 0. The van der Waals surface area contributed by atoms with Crippen molar-refractivity contribution in [1.29, 1.82) is 0 Å². The maximum atomic E-state index is 11.6. The largest absolute Gasteiger partial charge is 0.480 e. The van der Waals surface area contributed by atoms with Crippen LogP contribution < -0.4 is 11.1 Å². The summed E-state index contributed by atoms with van der Waals surface area (Å²) < 4.78 is 0. The van der Waals surface area contributed by atoms with E-state index in [1.54, 1.807) is 6.92 Å². The molecule has 1 aromatic rings. The summed E-state index contributed by atoms with van der Waals surface area (Å²) in [5.41, 5.74) is 3.89. The zero-order valence-corrected chi connectivity index (χ0v) is 8.94. The molecule has 0 saturated carbocycles. The number of amides is 1. The number of anilines is 1. The molecule has 0 saturated heterocycles. The molecule has 8 nitrogen and oxygen atoms in total. The molecule has 0 aliphatic heterocycles. The van der Waals surface area contributed by atoms with Crippen LogP contribution in [0.5, 0.6) is 0 Å². The molecule has 0 radical (unpaired) electrons. The maximum Gasteiger partial charge on any atom is 0.329 e. The van der Waals surface area contributed by atoms with Gasteiger partial charge in [0.25, 0.3) is 5.91 Å². The van der Waals surface area contributed by atoms with Crippen LogP contribution in [-0.4, -0.2) is 37.7 Å². The minimum atomic E-state index is -1.33. The number of rotatable bonds is 4. The smallest absolute Gasteiger partial charge is 0.329 e. The number of nitrogen functional groups attached to an aromatic ring is 1. The van der Waals surface area contributed by atoms with Crippen molar-refractivity contribution in [2.45, 2.75) is 25.8 Å². The number of H-pyrrole nitrogens is 1. The van der Waals surface area contributed by atoms with E-state index in [0.717, 1.165) is 0 Å². The van der Waals surface area contributed by atoms with Gasteiger partial charge in [-0.1, -0.05) is 6.92 Å². The standard InChI is InChI=1S/C8H13N5O3/c1-3-8(2,6(15)16)11-5(14)4-10-7(9)13-12-4/h3H2,1-2H3,(H,11,14)(H,15,16)(H3,9,10,12,13). The van der Waals surface area contributed by atoms with Gasteiger partial charge >= 0.3 is 5.97 Å². The minimum absolute atomic E-state index is 0.0707. The SMILES string of the molecule is CCC(C)(NC(=O)c1nc(N)n[nH]1)C(=O)O. The molecule has 0 bridgehead atoms. The average Bonchev–Trinajstić information content (AvgIpc) is 2.64. The number of aromatic nitrogens is 3. The van der Waals surface area contributed by atoms with Gasteiger partial charge in [-0.05, 0) is 13.3 Å². The van der Waals surface area contributed by atoms with Crippen molar-refractivity contribution in [2.24, 2.45) is 0 Å². The maximum absolute atomic E-state index is 11.6. The highest BCUT2D eigenvalue weighted by Gasteiger charge is 2.33. The van der Waals surface area contributed by atoms with Crippen molar-refractivity contribution in [3.05, 3.63) is 5.82 Å². The summed E-state index contributed by atoms with van der Waals surface area (Å²) >= 11 is 0. The first kappa shape index (κ1) is 12.0. The van der Waals surface area contributed by atoms with E-state index in [4.69, 9.17) is 10.8 Å². The number of hydrogen-bond acceptors (Lipinski definition) is 5. The lowest BCUT2D eigenvalue weighted by molar-refractivity contribution is -0.143. The molecule has 0 aliphatic rings. The van der Waals surface area contributed by atoms with E-state index >= 15 is 0 Å². The molecule has 0 aromatic carbocycles. The predicted octanol–water partition coefficient (Wildman–Crippen LogP) is -0.630. The molecule has 1 aromatic heterocycles. The van der Waals surface area contributed by atoms with Crippen LogP contribution in [0.2, 0.25) is 0 Å². The molecule has 1 atom stereocenters. The van der Waals surface area contributed by atoms with Crippen molar-refractivity contribution in [2.75, 3.05) is 5.73 Å². The summed E-state index contributed by atoms with van der Waals surface area (Å²) in [5.74, 6) is -1.95. The number of nitrogens with zero attached hydrogens (tertiary/aromatic N) is 2. The van der Waals surface area contributed by atoms with Crippen molar-refractivity contribution in [1.82, 2.24) is 20.5 Å². The van der Waals surface area contributed by atoms with Gasteiger partial charge in [0, 0.05) is 0 Å². The predicted molar refractivity (Wildman–Crippen MR) is 54.6 cm³/mol. The first-order valence-electron chi connectivity index (χ1n) is 4.63. The van der Waals surface area contributed by atoms with Gasteiger partial charge in [-0.2, -0.15) is 4.98 Å². The van der Waals surface area contributed by atoms with E-state index in [2.05, 4.69) is 20.5 Å². The number of hydrogen-bond donors (Lipinski definition) is 4. The Bertz CT molecular complexity index is 416. The summed E-state index contributed by atoms with van der Waals surface area (Å²) in [6.45, 7) is 3.07.